The first kappa shape index (κ1) is 15.4. The summed E-state index contributed by atoms with van der Waals surface area (Å²) in [5.74, 6) is 0.466. The lowest BCUT2D eigenvalue weighted by molar-refractivity contribution is -0.134. The topological polar surface area (TPSA) is 58.6 Å². The van der Waals surface area contributed by atoms with Crippen molar-refractivity contribution in [2.24, 2.45) is 5.92 Å². The Morgan fingerprint density at radius 2 is 2.00 bits per heavy atom. The molecule has 2 rings (SSSR count). The third-order valence-electron chi connectivity index (χ3n) is 4.13. The van der Waals surface area contributed by atoms with Crippen molar-refractivity contribution in [3.05, 3.63) is 24.3 Å². The van der Waals surface area contributed by atoms with Gasteiger partial charge in [0.15, 0.2) is 0 Å². The van der Waals surface area contributed by atoms with Gasteiger partial charge in [-0.2, -0.15) is 0 Å². The molecule has 1 aliphatic heterocycles. The molecule has 1 aromatic rings. The van der Waals surface area contributed by atoms with E-state index in [4.69, 9.17) is 4.74 Å². The Morgan fingerprint density at radius 1 is 1.33 bits per heavy atom. The summed E-state index contributed by atoms with van der Waals surface area (Å²) in [4.78, 5) is 26.6. The summed E-state index contributed by atoms with van der Waals surface area (Å²) in [7, 11) is 1.56. The van der Waals surface area contributed by atoms with Gasteiger partial charge < -0.3 is 10.1 Å². The van der Waals surface area contributed by atoms with Gasteiger partial charge in [-0.1, -0.05) is 32.4 Å². The molecular formula is C16H22N2O3. The van der Waals surface area contributed by atoms with Crippen LogP contribution in [0.1, 0.15) is 27.2 Å². The summed E-state index contributed by atoms with van der Waals surface area (Å²) < 4.78 is 5.33. The number of anilines is 1. The molecule has 0 radical (unpaired) electrons. The first-order valence-electron chi connectivity index (χ1n) is 7.27. The molecule has 0 saturated carbocycles. The van der Waals surface area contributed by atoms with Crippen molar-refractivity contribution >= 4 is 17.5 Å². The molecule has 3 atom stereocenters. The highest BCUT2D eigenvalue weighted by molar-refractivity contribution is 6.09. The van der Waals surface area contributed by atoms with Crippen LogP contribution in [0.4, 0.5) is 5.69 Å². The molecule has 1 heterocycles. The molecule has 0 bridgehead atoms. The van der Waals surface area contributed by atoms with Crippen LogP contribution >= 0.6 is 0 Å². The average molecular weight is 290 g/mol. The van der Waals surface area contributed by atoms with E-state index in [1.807, 2.05) is 26.0 Å². The molecule has 1 fully saturated rings. The second-order valence-corrected chi connectivity index (χ2v) is 5.43. The molecule has 1 aliphatic rings. The van der Waals surface area contributed by atoms with Crippen LogP contribution in [0.5, 0.6) is 5.75 Å². The van der Waals surface area contributed by atoms with Crippen LogP contribution in [0.2, 0.25) is 0 Å². The number of para-hydroxylation sites is 2. The fourth-order valence-corrected chi connectivity index (χ4v) is 2.57. The fraction of sp³-hybridized carbons (Fsp3) is 0.500. The smallest absolute Gasteiger partial charge is 0.250 e. The van der Waals surface area contributed by atoms with Crippen LogP contribution in [-0.2, 0) is 9.59 Å². The van der Waals surface area contributed by atoms with Crippen molar-refractivity contribution in [2.45, 2.75) is 39.3 Å². The molecule has 3 unspecified atom stereocenters. The monoisotopic (exact) mass is 290 g/mol. The van der Waals surface area contributed by atoms with Gasteiger partial charge in [0.05, 0.1) is 12.8 Å². The van der Waals surface area contributed by atoms with Gasteiger partial charge in [-0.3, -0.25) is 14.5 Å². The lowest BCUT2D eigenvalue weighted by Crippen LogP contribution is -2.64. The normalized spacial score (nSPS) is 23.7. The van der Waals surface area contributed by atoms with Gasteiger partial charge in [-0.15, -0.1) is 0 Å². The Bertz CT molecular complexity index is 544. The van der Waals surface area contributed by atoms with Crippen LogP contribution in [-0.4, -0.2) is 31.0 Å². The average Bonchev–Trinajstić information content (AvgIpc) is 2.50. The van der Waals surface area contributed by atoms with E-state index >= 15 is 0 Å². The van der Waals surface area contributed by atoms with Crippen molar-refractivity contribution in [1.29, 1.82) is 0 Å². The minimum Gasteiger partial charge on any atom is -0.495 e. The number of carbonyl (C=O) groups is 2. The van der Waals surface area contributed by atoms with Gasteiger partial charge in [0.1, 0.15) is 17.8 Å². The predicted molar refractivity (Wildman–Crippen MR) is 81.3 cm³/mol. The number of piperazine rings is 1. The molecule has 0 aliphatic carbocycles. The Balaban J connectivity index is 2.43. The van der Waals surface area contributed by atoms with Gasteiger partial charge >= 0.3 is 0 Å². The maximum Gasteiger partial charge on any atom is 0.250 e. The molecule has 1 N–H and O–H groups in total. The number of nitrogens with one attached hydrogen (secondary N) is 1. The van der Waals surface area contributed by atoms with Crippen LogP contribution < -0.4 is 15.0 Å². The maximum absolute atomic E-state index is 12.8. The van der Waals surface area contributed by atoms with E-state index in [1.54, 1.807) is 31.1 Å². The SMILES string of the molecule is CCC(C)C1NC(=O)C(C)N(c2ccccc2OC)C1=O. The summed E-state index contributed by atoms with van der Waals surface area (Å²) in [6.07, 6.45) is 0.824. The second kappa shape index (κ2) is 6.16. The quantitative estimate of drug-likeness (QED) is 0.922. The summed E-state index contributed by atoms with van der Waals surface area (Å²) in [6.45, 7) is 5.71. The number of methoxy groups -OCH3 is 1. The van der Waals surface area contributed by atoms with E-state index < -0.39 is 12.1 Å². The van der Waals surface area contributed by atoms with Gasteiger partial charge in [0.25, 0.3) is 5.91 Å². The molecule has 5 heteroatoms. The molecule has 0 spiro atoms. The number of benzene rings is 1. The molecule has 0 aromatic heterocycles. The van der Waals surface area contributed by atoms with Crippen molar-refractivity contribution < 1.29 is 14.3 Å². The van der Waals surface area contributed by atoms with Crippen molar-refractivity contribution in [3.8, 4) is 5.75 Å². The molecule has 21 heavy (non-hydrogen) atoms. The minimum atomic E-state index is -0.547. The minimum absolute atomic E-state index is 0.0825. The third-order valence-corrected chi connectivity index (χ3v) is 4.13. The van der Waals surface area contributed by atoms with E-state index in [0.717, 1.165) is 6.42 Å². The Hall–Kier alpha value is -2.04. The zero-order valence-electron chi connectivity index (χ0n) is 12.9. The fourth-order valence-electron chi connectivity index (χ4n) is 2.57. The Kier molecular flexibility index (Phi) is 4.50. The number of hydrogen-bond acceptors (Lipinski definition) is 3. The van der Waals surface area contributed by atoms with Crippen LogP contribution in [0.3, 0.4) is 0 Å². The summed E-state index contributed by atoms with van der Waals surface area (Å²) in [5, 5.41) is 2.83. The number of ether oxygens (including phenoxy) is 1. The van der Waals surface area contributed by atoms with Crippen LogP contribution in [0.25, 0.3) is 0 Å². The van der Waals surface area contributed by atoms with E-state index in [0.29, 0.717) is 11.4 Å². The van der Waals surface area contributed by atoms with Crippen molar-refractivity contribution in [3.63, 3.8) is 0 Å². The number of hydrogen-bond donors (Lipinski definition) is 1. The van der Waals surface area contributed by atoms with Gasteiger partial charge in [0.2, 0.25) is 5.91 Å². The highest BCUT2D eigenvalue weighted by Crippen LogP contribution is 2.32. The van der Waals surface area contributed by atoms with E-state index in [-0.39, 0.29) is 17.7 Å². The third kappa shape index (κ3) is 2.73. The lowest BCUT2D eigenvalue weighted by Gasteiger charge is -2.39. The van der Waals surface area contributed by atoms with E-state index in [9.17, 15) is 9.59 Å². The number of amides is 2. The van der Waals surface area contributed by atoms with E-state index in [1.165, 1.54) is 0 Å². The van der Waals surface area contributed by atoms with E-state index in [2.05, 4.69) is 5.32 Å². The lowest BCUT2D eigenvalue weighted by atomic mass is 9.94. The highest BCUT2D eigenvalue weighted by Gasteiger charge is 2.41. The zero-order valence-corrected chi connectivity index (χ0v) is 12.9. The summed E-state index contributed by atoms with van der Waals surface area (Å²) >= 11 is 0. The second-order valence-electron chi connectivity index (χ2n) is 5.43. The highest BCUT2D eigenvalue weighted by atomic mass is 16.5. The Labute approximate surface area is 125 Å². The van der Waals surface area contributed by atoms with Crippen molar-refractivity contribution in [1.82, 2.24) is 5.32 Å². The largest absolute Gasteiger partial charge is 0.495 e. The van der Waals surface area contributed by atoms with Gasteiger partial charge in [-0.05, 0) is 25.0 Å². The summed E-state index contributed by atoms with van der Waals surface area (Å²) in [5.41, 5.74) is 0.639. The predicted octanol–water partition coefficient (Wildman–Crippen LogP) is 1.96. The Morgan fingerprint density at radius 3 is 2.62 bits per heavy atom. The molecule has 2 amide bonds. The maximum atomic E-state index is 12.8. The molecule has 114 valence electrons. The number of nitrogens with zero attached hydrogens (tertiary/aromatic N) is 1. The molecule has 1 aromatic carbocycles. The standard InChI is InChI=1S/C16H22N2O3/c1-5-10(2)14-16(20)18(11(3)15(19)17-14)12-8-6-7-9-13(12)21-4/h6-11,14H,5H2,1-4H3,(H,17,19). The first-order chi connectivity index (χ1) is 10.0. The van der Waals surface area contributed by atoms with Crippen molar-refractivity contribution in [2.75, 3.05) is 12.0 Å². The van der Waals surface area contributed by atoms with Crippen LogP contribution in [0, 0.1) is 5.92 Å². The van der Waals surface area contributed by atoms with Crippen LogP contribution in [0.15, 0.2) is 24.3 Å². The molecule has 5 nitrogen and oxygen atoms in total. The first-order valence-corrected chi connectivity index (χ1v) is 7.27. The molecule has 1 saturated heterocycles. The number of rotatable bonds is 4. The van der Waals surface area contributed by atoms with Gasteiger partial charge in [0, 0.05) is 0 Å². The number of carbonyl (C=O) groups excluding carboxylic acids is 2. The summed E-state index contributed by atoms with van der Waals surface area (Å²) in [6, 6.07) is 6.24. The zero-order chi connectivity index (χ0) is 15.6. The molecular weight excluding hydrogens is 268 g/mol. The van der Waals surface area contributed by atoms with Gasteiger partial charge in [-0.25, -0.2) is 0 Å².